The molecule has 0 bridgehead atoms. The minimum absolute atomic E-state index is 0.0499. The van der Waals surface area contributed by atoms with Gasteiger partial charge in [-0.05, 0) is 87.4 Å². The van der Waals surface area contributed by atoms with E-state index in [4.69, 9.17) is 12.2 Å². The SMILES string of the molecule is Cc1cc(N2C(=S)N[C@@H](c3ccccn3)[C@@H]2c2ccn(C(C)(C)C)c2)ccc1NS(C)(=O)=O. The van der Waals surface area contributed by atoms with Crippen molar-refractivity contribution in [3.63, 3.8) is 0 Å². The fraction of sp³-hybridized carbons (Fsp3) is 0.333. The summed E-state index contributed by atoms with van der Waals surface area (Å²) in [7, 11) is -3.36. The number of hydrogen-bond donors (Lipinski definition) is 2. The maximum atomic E-state index is 11.7. The van der Waals surface area contributed by atoms with Crippen LogP contribution in [0.15, 0.2) is 61.1 Å². The van der Waals surface area contributed by atoms with Crippen LogP contribution in [0.2, 0.25) is 0 Å². The van der Waals surface area contributed by atoms with E-state index in [0.717, 1.165) is 28.8 Å². The van der Waals surface area contributed by atoms with Gasteiger partial charge in [0.25, 0.3) is 0 Å². The molecule has 1 saturated heterocycles. The van der Waals surface area contributed by atoms with Crippen molar-refractivity contribution < 1.29 is 8.42 Å². The first kappa shape index (κ1) is 23.3. The number of pyridine rings is 1. The van der Waals surface area contributed by atoms with E-state index >= 15 is 0 Å². The highest BCUT2D eigenvalue weighted by Gasteiger charge is 2.41. The van der Waals surface area contributed by atoms with E-state index in [9.17, 15) is 8.42 Å². The van der Waals surface area contributed by atoms with Gasteiger partial charge in [0.15, 0.2) is 5.11 Å². The summed E-state index contributed by atoms with van der Waals surface area (Å²) < 4.78 is 28.2. The van der Waals surface area contributed by atoms with Crippen molar-refractivity contribution in [1.29, 1.82) is 0 Å². The molecule has 1 aliphatic rings. The number of sulfonamides is 1. The van der Waals surface area contributed by atoms with Crippen LogP contribution in [0.1, 0.15) is 49.7 Å². The molecule has 1 fully saturated rings. The van der Waals surface area contributed by atoms with Gasteiger partial charge in [0, 0.05) is 29.8 Å². The van der Waals surface area contributed by atoms with Gasteiger partial charge < -0.3 is 14.8 Å². The lowest BCUT2D eigenvalue weighted by Gasteiger charge is -2.28. The zero-order chi connectivity index (χ0) is 24.0. The molecule has 1 aromatic carbocycles. The number of thiocarbonyl (C=S) groups is 1. The van der Waals surface area contributed by atoms with Crippen molar-refractivity contribution in [2.75, 3.05) is 15.9 Å². The highest BCUT2D eigenvalue weighted by molar-refractivity contribution is 7.92. The van der Waals surface area contributed by atoms with Crippen molar-refractivity contribution in [3.05, 3.63) is 77.9 Å². The van der Waals surface area contributed by atoms with Crippen LogP contribution in [0.3, 0.4) is 0 Å². The summed E-state index contributed by atoms with van der Waals surface area (Å²) in [6.45, 7) is 8.38. The van der Waals surface area contributed by atoms with E-state index in [0.29, 0.717) is 10.8 Å². The Bertz CT molecular complexity index is 1280. The first-order valence-electron chi connectivity index (χ1n) is 10.7. The fourth-order valence-corrected chi connectivity index (χ4v) is 5.06. The van der Waals surface area contributed by atoms with Crippen molar-refractivity contribution in [2.45, 2.75) is 45.3 Å². The molecule has 0 spiro atoms. The Kier molecular flexibility index (Phi) is 5.96. The van der Waals surface area contributed by atoms with Crippen LogP contribution in [0.25, 0.3) is 0 Å². The van der Waals surface area contributed by atoms with Crippen molar-refractivity contribution in [3.8, 4) is 0 Å². The zero-order valence-electron chi connectivity index (χ0n) is 19.4. The molecule has 9 heteroatoms. The van der Waals surface area contributed by atoms with Crippen LogP contribution in [0, 0.1) is 6.92 Å². The van der Waals surface area contributed by atoms with Gasteiger partial charge in [0.1, 0.15) is 0 Å². The Morgan fingerprint density at radius 3 is 2.48 bits per heavy atom. The highest BCUT2D eigenvalue weighted by atomic mass is 32.2. The third kappa shape index (κ3) is 4.89. The van der Waals surface area contributed by atoms with E-state index in [1.807, 2.05) is 37.3 Å². The Labute approximate surface area is 200 Å². The van der Waals surface area contributed by atoms with E-state index in [-0.39, 0.29) is 17.6 Å². The van der Waals surface area contributed by atoms with E-state index in [2.05, 4.69) is 63.7 Å². The quantitative estimate of drug-likeness (QED) is 0.521. The van der Waals surface area contributed by atoms with Crippen LogP contribution in [-0.2, 0) is 15.6 Å². The standard InChI is InChI=1S/C24H29N5O2S2/c1-16-14-18(9-10-19(16)27-33(5,30)31)29-22(17-11-13-28(15-17)24(2,3)4)21(26-23(29)32)20-8-6-7-12-25-20/h6-15,21-22,27H,1-5H3,(H,26,32)/t21-,22-/m0/s1. The van der Waals surface area contributed by atoms with Gasteiger partial charge >= 0.3 is 0 Å². The molecule has 0 amide bonds. The third-order valence-electron chi connectivity index (χ3n) is 5.71. The lowest BCUT2D eigenvalue weighted by atomic mass is 9.98. The average Bonchev–Trinajstić information content (AvgIpc) is 3.34. The first-order chi connectivity index (χ1) is 15.4. The molecule has 7 nitrogen and oxygen atoms in total. The molecule has 2 atom stereocenters. The number of rotatable bonds is 5. The summed E-state index contributed by atoms with van der Waals surface area (Å²) in [5.74, 6) is 0. The monoisotopic (exact) mass is 483 g/mol. The van der Waals surface area contributed by atoms with Gasteiger partial charge in [-0.15, -0.1) is 0 Å². The molecule has 3 aromatic rings. The molecule has 174 valence electrons. The number of nitrogens with one attached hydrogen (secondary N) is 2. The predicted molar refractivity (Wildman–Crippen MR) is 137 cm³/mol. The van der Waals surface area contributed by atoms with Crippen LogP contribution in [0.5, 0.6) is 0 Å². The van der Waals surface area contributed by atoms with Crippen molar-refractivity contribution in [1.82, 2.24) is 14.9 Å². The molecule has 33 heavy (non-hydrogen) atoms. The summed E-state index contributed by atoms with van der Waals surface area (Å²) in [5.41, 5.74) is 4.22. The second-order valence-corrected chi connectivity index (χ2v) is 11.5. The number of benzene rings is 1. The number of aryl methyl sites for hydroxylation is 1. The van der Waals surface area contributed by atoms with Crippen LogP contribution >= 0.6 is 12.2 Å². The van der Waals surface area contributed by atoms with Crippen LogP contribution in [0.4, 0.5) is 11.4 Å². The number of anilines is 2. The molecule has 4 rings (SSSR count). The van der Waals surface area contributed by atoms with Crippen LogP contribution in [-0.4, -0.2) is 29.3 Å². The predicted octanol–water partition coefficient (Wildman–Crippen LogP) is 4.50. The van der Waals surface area contributed by atoms with Gasteiger partial charge in [-0.1, -0.05) is 6.07 Å². The minimum Gasteiger partial charge on any atom is -0.351 e. The lowest BCUT2D eigenvalue weighted by molar-refractivity contribution is 0.397. The molecule has 2 aromatic heterocycles. The molecule has 2 N–H and O–H groups in total. The third-order valence-corrected chi connectivity index (χ3v) is 6.62. The molecule has 0 radical (unpaired) electrons. The summed E-state index contributed by atoms with van der Waals surface area (Å²) in [5, 5.41) is 4.06. The van der Waals surface area contributed by atoms with Crippen molar-refractivity contribution >= 4 is 38.7 Å². The van der Waals surface area contributed by atoms with Gasteiger partial charge in [-0.2, -0.15) is 0 Å². The maximum Gasteiger partial charge on any atom is 0.229 e. The maximum absolute atomic E-state index is 11.7. The molecule has 0 unspecified atom stereocenters. The molecule has 1 aliphatic heterocycles. The molecular formula is C24H29N5O2S2. The molecule has 0 saturated carbocycles. The minimum atomic E-state index is -3.36. The Morgan fingerprint density at radius 1 is 1.15 bits per heavy atom. The first-order valence-corrected chi connectivity index (χ1v) is 13.0. The smallest absolute Gasteiger partial charge is 0.229 e. The average molecular weight is 484 g/mol. The molecule has 3 heterocycles. The van der Waals surface area contributed by atoms with Crippen LogP contribution < -0.4 is 14.9 Å². The second kappa shape index (κ2) is 8.46. The van der Waals surface area contributed by atoms with Crippen molar-refractivity contribution in [2.24, 2.45) is 0 Å². The normalized spacial score (nSPS) is 18.9. The summed E-state index contributed by atoms with van der Waals surface area (Å²) in [4.78, 5) is 6.69. The van der Waals surface area contributed by atoms with Gasteiger partial charge in [-0.3, -0.25) is 9.71 Å². The molecular weight excluding hydrogens is 454 g/mol. The summed E-state index contributed by atoms with van der Waals surface area (Å²) >= 11 is 5.79. The fourth-order valence-electron chi connectivity index (χ4n) is 4.09. The Balaban J connectivity index is 1.79. The highest BCUT2D eigenvalue weighted by Crippen LogP contribution is 2.42. The number of nitrogens with zero attached hydrogens (tertiary/aromatic N) is 3. The number of hydrogen-bond acceptors (Lipinski definition) is 4. The van der Waals surface area contributed by atoms with Gasteiger partial charge in [0.05, 0.1) is 29.7 Å². The van der Waals surface area contributed by atoms with E-state index in [1.165, 1.54) is 0 Å². The summed E-state index contributed by atoms with van der Waals surface area (Å²) in [6.07, 6.45) is 7.19. The topological polar surface area (TPSA) is 79.3 Å². The van der Waals surface area contributed by atoms with Gasteiger partial charge in [-0.25, -0.2) is 8.42 Å². The molecule has 0 aliphatic carbocycles. The summed E-state index contributed by atoms with van der Waals surface area (Å²) in [6, 6.07) is 13.4. The Hall–Kier alpha value is -2.91. The zero-order valence-corrected chi connectivity index (χ0v) is 21.0. The largest absolute Gasteiger partial charge is 0.351 e. The van der Waals surface area contributed by atoms with E-state index in [1.54, 1.807) is 12.3 Å². The lowest BCUT2D eigenvalue weighted by Crippen LogP contribution is -2.29. The number of aromatic nitrogens is 2. The Morgan fingerprint density at radius 2 is 1.91 bits per heavy atom. The second-order valence-electron chi connectivity index (χ2n) is 9.39. The van der Waals surface area contributed by atoms with E-state index < -0.39 is 10.0 Å². The van der Waals surface area contributed by atoms with Gasteiger partial charge in [0.2, 0.25) is 10.0 Å².